The van der Waals surface area contributed by atoms with Crippen LogP contribution in [0.1, 0.15) is 0 Å². The molecular weight excluding hydrogens is 166 g/mol. The molecular formula is C7H4ClNS. The van der Waals surface area contributed by atoms with Gasteiger partial charge in [-0.15, -0.1) is 0 Å². The van der Waals surface area contributed by atoms with Crippen molar-refractivity contribution in [3.63, 3.8) is 0 Å². The van der Waals surface area contributed by atoms with Crippen molar-refractivity contribution in [2.45, 2.75) is 4.90 Å². The summed E-state index contributed by atoms with van der Waals surface area (Å²) in [6, 6.07) is 7.27. The van der Waals surface area contributed by atoms with E-state index in [1.807, 2.05) is 23.6 Å². The monoisotopic (exact) mass is 169 g/mol. The van der Waals surface area contributed by atoms with Crippen molar-refractivity contribution in [3.05, 3.63) is 29.3 Å². The number of nitriles is 1. The fourth-order valence-electron chi connectivity index (χ4n) is 0.577. The standard InChI is InChI=1S/C7H4ClNS/c8-6-3-1-2-4-7(6)10-5-9/h1-4H. The maximum Gasteiger partial charge on any atom is 0.138 e. The number of thioether (sulfide) groups is 1. The number of thiocyanates is 1. The van der Waals surface area contributed by atoms with Gasteiger partial charge in [-0.1, -0.05) is 23.7 Å². The largest absolute Gasteiger partial charge is 0.185 e. The van der Waals surface area contributed by atoms with Crippen molar-refractivity contribution < 1.29 is 0 Å². The van der Waals surface area contributed by atoms with E-state index < -0.39 is 0 Å². The first-order chi connectivity index (χ1) is 4.84. The van der Waals surface area contributed by atoms with Crippen LogP contribution >= 0.6 is 23.4 Å². The van der Waals surface area contributed by atoms with Crippen molar-refractivity contribution in [2.75, 3.05) is 0 Å². The molecule has 0 amide bonds. The number of benzene rings is 1. The summed E-state index contributed by atoms with van der Waals surface area (Å²) in [4.78, 5) is 0.812. The van der Waals surface area contributed by atoms with Crippen LogP contribution in [0.2, 0.25) is 5.02 Å². The van der Waals surface area contributed by atoms with Crippen molar-refractivity contribution in [1.82, 2.24) is 0 Å². The first-order valence-electron chi connectivity index (χ1n) is 2.65. The Morgan fingerprint density at radius 2 is 2.10 bits per heavy atom. The van der Waals surface area contributed by atoms with Gasteiger partial charge >= 0.3 is 0 Å². The lowest BCUT2D eigenvalue weighted by Gasteiger charge is -1.93. The first-order valence-corrected chi connectivity index (χ1v) is 3.84. The Kier molecular flexibility index (Phi) is 2.61. The molecule has 0 N–H and O–H groups in total. The van der Waals surface area contributed by atoms with Gasteiger partial charge in [0.05, 0.1) is 5.02 Å². The van der Waals surface area contributed by atoms with Gasteiger partial charge in [-0.25, -0.2) is 0 Å². The molecule has 0 aliphatic rings. The molecule has 0 bridgehead atoms. The highest BCUT2D eigenvalue weighted by atomic mass is 35.5. The van der Waals surface area contributed by atoms with Gasteiger partial charge in [0.1, 0.15) is 5.40 Å². The molecule has 0 atom stereocenters. The molecule has 0 unspecified atom stereocenters. The fourth-order valence-corrected chi connectivity index (χ4v) is 1.24. The highest BCUT2D eigenvalue weighted by molar-refractivity contribution is 8.03. The third-order valence-electron chi connectivity index (χ3n) is 0.992. The summed E-state index contributed by atoms with van der Waals surface area (Å²) < 4.78 is 0. The zero-order valence-electron chi connectivity index (χ0n) is 5.04. The lowest BCUT2D eigenvalue weighted by atomic mass is 10.4. The summed E-state index contributed by atoms with van der Waals surface area (Å²) in [6.07, 6.45) is 0. The van der Waals surface area contributed by atoms with Gasteiger partial charge in [-0.3, -0.25) is 0 Å². The van der Waals surface area contributed by atoms with E-state index in [4.69, 9.17) is 16.9 Å². The van der Waals surface area contributed by atoms with Crippen molar-refractivity contribution in [2.24, 2.45) is 0 Å². The average molecular weight is 170 g/mol. The molecule has 0 radical (unpaired) electrons. The van der Waals surface area contributed by atoms with Crippen LogP contribution in [-0.4, -0.2) is 0 Å². The minimum atomic E-state index is 0.633. The van der Waals surface area contributed by atoms with E-state index in [0.717, 1.165) is 16.7 Å². The van der Waals surface area contributed by atoms with Crippen LogP contribution < -0.4 is 0 Å². The molecule has 3 heteroatoms. The maximum absolute atomic E-state index is 8.30. The summed E-state index contributed by atoms with van der Waals surface area (Å²) in [5, 5.41) is 10.9. The SMILES string of the molecule is N#CSc1ccccc1Cl. The quantitative estimate of drug-likeness (QED) is 0.477. The van der Waals surface area contributed by atoms with E-state index in [-0.39, 0.29) is 0 Å². The highest BCUT2D eigenvalue weighted by Gasteiger charge is 1.96. The first kappa shape index (κ1) is 7.46. The normalized spacial score (nSPS) is 8.80. The summed E-state index contributed by atoms with van der Waals surface area (Å²) in [5.41, 5.74) is 0. The Morgan fingerprint density at radius 3 is 2.70 bits per heavy atom. The fraction of sp³-hybridized carbons (Fsp3) is 0. The number of halogens is 1. The molecule has 50 valence electrons. The summed E-state index contributed by atoms with van der Waals surface area (Å²) >= 11 is 6.81. The number of hydrogen-bond acceptors (Lipinski definition) is 2. The zero-order valence-corrected chi connectivity index (χ0v) is 6.62. The molecule has 0 fully saturated rings. The maximum atomic E-state index is 8.30. The number of rotatable bonds is 1. The second kappa shape index (κ2) is 3.50. The van der Waals surface area contributed by atoms with Gasteiger partial charge in [0, 0.05) is 4.90 Å². The van der Waals surface area contributed by atoms with Crippen LogP contribution in [0.4, 0.5) is 0 Å². The van der Waals surface area contributed by atoms with Crippen LogP contribution in [0.3, 0.4) is 0 Å². The summed E-state index contributed by atoms with van der Waals surface area (Å²) in [6.45, 7) is 0. The van der Waals surface area contributed by atoms with E-state index >= 15 is 0 Å². The molecule has 0 saturated carbocycles. The minimum Gasteiger partial charge on any atom is -0.185 e. The summed E-state index contributed by atoms with van der Waals surface area (Å²) in [7, 11) is 0. The topological polar surface area (TPSA) is 23.8 Å². The molecule has 1 nitrogen and oxygen atoms in total. The van der Waals surface area contributed by atoms with Gasteiger partial charge in [0.25, 0.3) is 0 Å². The molecule has 1 rings (SSSR count). The van der Waals surface area contributed by atoms with E-state index in [2.05, 4.69) is 0 Å². The molecule has 1 aromatic carbocycles. The molecule has 10 heavy (non-hydrogen) atoms. The second-order valence-electron chi connectivity index (χ2n) is 1.62. The van der Waals surface area contributed by atoms with Gasteiger partial charge in [0.2, 0.25) is 0 Å². The van der Waals surface area contributed by atoms with Crippen molar-refractivity contribution in [1.29, 1.82) is 5.26 Å². The van der Waals surface area contributed by atoms with Gasteiger partial charge in [-0.2, -0.15) is 5.26 Å². The third-order valence-corrected chi connectivity index (χ3v) is 2.10. The Hall–Kier alpha value is -0.650. The Bertz CT molecular complexity index is 267. The number of hydrogen-bond donors (Lipinski definition) is 0. The van der Waals surface area contributed by atoms with E-state index in [9.17, 15) is 0 Å². The number of nitrogens with zero attached hydrogens (tertiary/aromatic N) is 1. The molecule has 0 spiro atoms. The predicted octanol–water partition coefficient (Wildman–Crippen LogP) is 2.91. The Balaban J connectivity index is 2.94. The van der Waals surface area contributed by atoms with Crippen molar-refractivity contribution >= 4 is 23.4 Å². The molecule has 0 aromatic heterocycles. The van der Waals surface area contributed by atoms with Gasteiger partial charge in [0.15, 0.2) is 0 Å². The molecule has 0 saturated heterocycles. The smallest absolute Gasteiger partial charge is 0.138 e. The van der Waals surface area contributed by atoms with Crippen molar-refractivity contribution in [3.8, 4) is 5.40 Å². The van der Waals surface area contributed by atoms with E-state index in [0.29, 0.717) is 5.02 Å². The molecule has 0 heterocycles. The lowest BCUT2D eigenvalue weighted by molar-refractivity contribution is 1.47. The lowest BCUT2D eigenvalue weighted by Crippen LogP contribution is -1.68. The average Bonchev–Trinajstić information content (AvgIpc) is 1.94. The zero-order chi connectivity index (χ0) is 7.40. The molecule has 1 aromatic rings. The minimum absolute atomic E-state index is 0.633. The van der Waals surface area contributed by atoms with Gasteiger partial charge in [-0.05, 0) is 23.9 Å². The predicted molar refractivity (Wildman–Crippen MR) is 42.9 cm³/mol. The highest BCUT2D eigenvalue weighted by Crippen LogP contribution is 2.24. The molecule has 0 aliphatic heterocycles. The summed E-state index contributed by atoms with van der Waals surface area (Å²) in [5.74, 6) is 0. The Labute approximate surface area is 68.6 Å². The van der Waals surface area contributed by atoms with Crippen LogP contribution in [0, 0.1) is 10.7 Å². The van der Waals surface area contributed by atoms with Crippen LogP contribution in [0.25, 0.3) is 0 Å². The second-order valence-corrected chi connectivity index (χ2v) is 2.86. The molecule has 0 aliphatic carbocycles. The van der Waals surface area contributed by atoms with Crippen LogP contribution in [-0.2, 0) is 0 Å². The van der Waals surface area contributed by atoms with Crippen LogP contribution in [0.5, 0.6) is 0 Å². The Morgan fingerprint density at radius 1 is 1.40 bits per heavy atom. The van der Waals surface area contributed by atoms with Crippen LogP contribution in [0.15, 0.2) is 29.2 Å². The van der Waals surface area contributed by atoms with E-state index in [1.54, 1.807) is 6.07 Å². The van der Waals surface area contributed by atoms with E-state index in [1.165, 1.54) is 0 Å². The van der Waals surface area contributed by atoms with Gasteiger partial charge < -0.3 is 0 Å². The third kappa shape index (κ3) is 1.66.